The molecule has 1 aromatic heterocycles. The van der Waals surface area contributed by atoms with Gasteiger partial charge in [0.25, 0.3) is 0 Å². The van der Waals surface area contributed by atoms with E-state index in [0.717, 1.165) is 4.31 Å². The zero-order valence-corrected chi connectivity index (χ0v) is 8.95. The highest BCUT2D eigenvalue weighted by molar-refractivity contribution is 7.89. The molecule has 1 atom stereocenters. The Morgan fingerprint density at radius 2 is 2.29 bits per heavy atom. The van der Waals surface area contributed by atoms with Gasteiger partial charge in [-0.1, -0.05) is 0 Å². The molecule has 5 nitrogen and oxygen atoms in total. The van der Waals surface area contributed by atoms with Gasteiger partial charge < -0.3 is 10.1 Å². The van der Waals surface area contributed by atoms with E-state index in [2.05, 4.69) is 4.98 Å². The van der Waals surface area contributed by atoms with Crippen LogP contribution in [0.4, 0.5) is 0 Å². The number of aliphatic hydroxyl groups excluding tert-OH is 1. The maximum absolute atomic E-state index is 11.7. The van der Waals surface area contributed by atoms with Crippen LogP contribution in [0.3, 0.4) is 0 Å². The monoisotopic (exact) mass is 218 g/mol. The lowest BCUT2D eigenvalue weighted by atomic mass is 10.4. The van der Waals surface area contributed by atoms with Gasteiger partial charge in [0.05, 0.1) is 11.0 Å². The van der Waals surface area contributed by atoms with E-state index in [4.69, 9.17) is 5.11 Å². The SMILES string of the molecule is CC(O)CN(C)S(=O)(=O)c1cc[nH]c1. The first-order valence-electron chi connectivity index (χ1n) is 4.22. The Hall–Kier alpha value is -0.850. The molecule has 0 fully saturated rings. The van der Waals surface area contributed by atoms with Crippen LogP contribution in [0.1, 0.15) is 6.92 Å². The number of aliphatic hydroxyl groups is 1. The van der Waals surface area contributed by atoms with Gasteiger partial charge in [-0.3, -0.25) is 0 Å². The number of hydrogen-bond acceptors (Lipinski definition) is 3. The van der Waals surface area contributed by atoms with Crippen molar-refractivity contribution in [1.82, 2.24) is 9.29 Å². The largest absolute Gasteiger partial charge is 0.392 e. The molecule has 80 valence electrons. The zero-order valence-electron chi connectivity index (χ0n) is 8.14. The van der Waals surface area contributed by atoms with Gasteiger partial charge in [-0.15, -0.1) is 0 Å². The fourth-order valence-corrected chi connectivity index (χ4v) is 2.35. The van der Waals surface area contributed by atoms with Gasteiger partial charge in [-0.05, 0) is 13.0 Å². The second-order valence-electron chi connectivity index (χ2n) is 3.18. The molecule has 1 heterocycles. The Kier molecular flexibility index (Phi) is 3.30. The van der Waals surface area contributed by atoms with Crippen molar-refractivity contribution in [2.75, 3.05) is 13.6 Å². The molecule has 0 aliphatic heterocycles. The van der Waals surface area contributed by atoms with Crippen LogP contribution in [0.5, 0.6) is 0 Å². The Morgan fingerprint density at radius 3 is 2.71 bits per heavy atom. The predicted octanol–water partition coefficient (Wildman–Crippen LogP) is 0.0160. The summed E-state index contributed by atoms with van der Waals surface area (Å²) in [6, 6.07) is 1.48. The van der Waals surface area contributed by atoms with E-state index in [9.17, 15) is 8.42 Å². The number of rotatable bonds is 4. The van der Waals surface area contributed by atoms with Gasteiger partial charge in [-0.25, -0.2) is 8.42 Å². The van der Waals surface area contributed by atoms with Crippen molar-refractivity contribution in [2.24, 2.45) is 0 Å². The number of sulfonamides is 1. The molecule has 1 aromatic rings. The van der Waals surface area contributed by atoms with E-state index in [1.807, 2.05) is 0 Å². The van der Waals surface area contributed by atoms with Gasteiger partial charge in [-0.2, -0.15) is 4.31 Å². The van der Waals surface area contributed by atoms with Gasteiger partial charge in [0.2, 0.25) is 10.0 Å². The maximum Gasteiger partial charge on any atom is 0.244 e. The molecule has 6 heteroatoms. The van der Waals surface area contributed by atoms with E-state index in [0.29, 0.717) is 0 Å². The number of nitrogens with one attached hydrogen (secondary N) is 1. The van der Waals surface area contributed by atoms with Crippen LogP contribution < -0.4 is 0 Å². The molecule has 0 spiro atoms. The molecule has 0 aliphatic carbocycles. The first-order valence-corrected chi connectivity index (χ1v) is 5.66. The third kappa shape index (κ3) is 2.34. The van der Waals surface area contributed by atoms with Gasteiger partial charge in [0.15, 0.2) is 0 Å². The Labute approximate surface area is 83.4 Å². The van der Waals surface area contributed by atoms with Crippen LogP contribution >= 0.6 is 0 Å². The average Bonchev–Trinajstić information content (AvgIpc) is 2.54. The van der Waals surface area contributed by atoms with E-state index in [1.165, 1.54) is 19.3 Å². The Bertz CT molecular complexity index is 369. The number of likely N-dealkylation sites (N-methyl/N-ethyl adjacent to an activating group) is 1. The normalized spacial score (nSPS) is 14.6. The summed E-state index contributed by atoms with van der Waals surface area (Å²) < 4.78 is 24.6. The number of H-pyrrole nitrogens is 1. The molecular formula is C8H14N2O3S. The van der Waals surface area contributed by atoms with Crippen molar-refractivity contribution in [2.45, 2.75) is 17.9 Å². The minimum atomic E-state index is -3.45. The molecule has 0 saturated carbocycles. The lowest BCUT2D eigenvalue weighted by molar-refractivity contribution is 0.171. The Morgan fingerprint density at radius 1 is 1.64 bits per heavy atom. The maximum atomic E-state index is 11.7. The molecule has 2 N–H and O–H groups in total. The summed E-state index contributed by atoms with van der Waals surface area (Å²) in [6.07, 6.45) is 2.28. The highest BCUT2D eigenvalue weighted by Gasteiger charge is 2.21. The second kappa shape index (κ2) is 4.12. The van der Waals surface area contributed by atoms with Crippen molar-refractivity contribution in [1.29, 1.82) is 0 Å². The molecule has 0 radical (unpaired) electrons. The third-order valence-electron chi connectivity index (χ3n) is 1.80. The van der Waals surface area contributed by atoms with Gasteiger partial charge in [0, 0.05) is 26.0 Å². The average molecular weight is 218 g/mol. The van der Waals surface area contributed by atoms with Gasteiger partial charge >= 0.3 is 0 Å². The fourth-order valence-electron chi connectivity index (χ4n) is 1.12. The number of hydrogen-bond donors (Lipinski definition) is 2. The van der Waals surface area contributed by atoms with Crippen LogP contribution in [0, 0.1) is 0 Å². The van der Waals surface area contributed by atoms with Crippen LogP contribution in [-0.2, 0) is 10.0 Å². The van der Waals surface area contributed by atoms with Crippen molar-refractivity contribution in [3.63, 3.8) is 0 Å². The summed E-state index contributed by atoms with van der Waals surface area (Å²) in [4.78, 5) is 2.88. The molecule has 0 bridgehead atoms. The van der Waals surface area contributed by atoms with Crippen LogP contribution in [-0.4, -0.2) is 42.5 Å². The summed E-state index contributed by atoms with van der Waals surface area (Å²) in [5.41, 5.74) is 0. The molecule has 0 amide bonds. The topological polar surface area (TPSA) is 73.4 Å². The number of aromatic nitrogens is 1. The quantitative estimate of drug-likeness (QED) is 0.748. The highest BCUT2D eigenvalue weighted by Crippen LogP contribution is 2.12. The minimum absolute atomic E-state index is 0.0908. The predicted molar refractivity (Wildman–Crippen MR) is 52.3 cm³/mol. The molecule has 0 aromatic carbocycles. The number of aromatic amines is 1. The summed E-state index contributed by atoms with van der Waals surface area (Å²) in [5, 5.41) is 9.07. The number of nitrogens with zero attached hydrogens (tertiary/aromatic N) is 1. The lowest BCUT2D eigenvalue weighted by Gasteiger charge is -2.17. The van der Waals surface area contributed by atoms with Crippen LogP contribution in [0.15, 0.2) is 23.4 Å². The molecule has 14 heavy (non-hydrogen) atoms. The van der Waals surface area contributed by atoms with Crippen molar-refractivity contribution >= 4 is 10.0 Å². The van der Waals surface area contributed by atoms with Crippen molar-refractivity contribution in [3.05, 3.63) is 18.5 Å². The first kappa shape index (κ1) is 11.2. The van der Waals surface area contributed by atoms with Crippen molar-refractivity contribution in [3.8, 4) is 0 Å². The fraction of sp³-hybridized carbons (Fsp3) is 0.500. The smallest absolute Gasteiger partial charge is 0.244 e. The van der Waals surface area contributed by atoms with E-state index in [1.54, 1.807) is 13.1 Å². The molecule has 1 unspecified atom stereocenters. The molecule has 0 aliphatic rings. The minimum Gasteiger partial charge on any atom is -0.392 e. The summed E-state index contributed by atoms with van der Waals surface area (Å²) in [6.45, 7) is 1.64. The summed E-state index contributed by atoms with van der Waals surface area (Å²) in [5.74, 6) is 0. The van der Waals surface area contributed by atoms with E-state index >= 15 is 0 Å². The van der Waals surface area contributed by atoms with Gasteiger partial charge in [0.1, 0.15) is 0 Å². The van der Waals surface area contributed by atoms with Crippen molar-refractivity contribution < 1.29 is 13.5 Å². The summed E-state index contributed by atoms with van der Waals surface area (Å²) >= 11 is 0. The second-order valence-corrected chi connectivity index (χ2v) is 5.23. The van der Waals surface area contributed by atoms with Crippen LogP contribution in [0.2, 0.25) is 0 Å². The van der Waals surface area contributed by atoms with E-state index in [-0.39, 0.29) is 11.4 Å². The van der Waals surface area contributed by atoms with Crippen LogP contribution in [0.25, 0.3) is 0 Å². The Balaban J connectivity index is 2.86. The molecule has 0 saturated heterocycles. The standard InChI is InChI=1S/C8H14N2O3S/c1-7(11)6-10(2)14(12,13)8-3-4-9-5-8/h3-5,7,9,11H,6H2,1-2H3. The zero-order chi connectivity index (χ0) is 10.8. The lowest BCUT2D eigenvalue weighted by Crippen LogP contribution is -2.32. The summed E-state index contributed by atoms with van der Waals surface area (Å²) in [7, 11) is -2.01. The van der Waals surface area contributed by atoms with E-state index < -0.39 is 16.1 Å². The molecular weight excluding hydrogens is 204 g/mol. The third-order valence-corrected chi connectivity index (χ3v) is 3.62. The highest BCUT2D eigenvalue weighted by atomic mass is 32.2. The molecule has 1 rings (SSSR count). The first-order chi connectivity index (χ1) is 6.44.